The number of aryl methyl sites for hydroxylation is 2. The van der Waals surface area contributed by atoms with E-state index in [-0.39, 0.29) is 6.04 Å². The zero-order valence-corrected chi connectivity index (χ0v) is 21.0. The van der Waals surface area contributed by atoms with Crippen LogP contribution < -0.4 is 10.6 Å². The second-order valence-electron chi connectivity index (χ2n) is 9.41. The van der Waals surface area contributed by atoms with Crippen molar-refractivity contribution in [2.45, 2.75) is 52.0 Å². The third-order valence-electron chi connectivity index (χ3n) is 6.99. The Kier molecular flexibility index (Phi) is 6.75. The number of hydrogen-bond acceptors (Lipinski definition) is 5. The van der Waals surface area contributed by atoms with Crippen molar-refractivity contribution in [3.8, 4) is 11.4 Å². The highest BCUT2D eigenvalue weighted by atomic mass is 19.1. The van der Waals surface area contributed by atoms with Crippen molar-refractivity contribution in [1.82, 2.24) is 24.4 Å². The standard InChI is InChI=1S/C27H26F2N6O3/c1-17-11-12-18(2)32(17)24-14-13-21(15-19(24)16-36)33(20-7-4-3-5-8-20)26(37)35-27(38)34(30-31-35)25-22(28)9-6-10-23(25)29/h6,9-16,20H,3-5,7-8H2,1-2H3. The van der Waals surface area contributed by atoms with E-state index in [1.54, 1.807) is 18.2 Å². The lowest BCUT2D eigenvalue weighted by molar-refractivity contribution is 0.112. The zero-order chi connectivity index (χ0) is 27.0. The molecule has 0 radical (unpaired) electrons. The van der Waals surface area contributed by atoms with Gasteiger partial charge in [-0.15, -0.1) is 4.68 Å². The SMILES string of the molecule is Cc1ccc(C)n1-c1ccc(N(C(=O)n2nnn(-c3c(F)cccc3F)c2=O)C2CCCCC2)cc1C=O. The van der Waals surface area contributed by atoms with Gasteiger partial charge in [0.25, 0.3) is 0 Å². The second-order valence-corrected chi connectivity index (χ2v) is 9.41. The van der Waals surface area contributed by atoms with Crippen LogP contribution in [0.3, 0.4) is 0 Å². The Labute approximate surface area is 216 Å². The third-order valence-corrected chi connectivity index (χ3v) is 6.99. The molecular formula is C27H26F2N6O3. The molecule has 9 nitrogen and oxygen atoms in total. The van der Waals surface area contributed by atoms with E-state index in [2.05, 4.69) is 10.4 Å². The summed E-state index contributed by atoms with van der Waals surface area (Å²) in [6.07, 6.45) is 4.89. The molecule has 1 aliphatic rings. The number of nitrogens with zero attached hydrogens (tertiary/aromatic N) is 6. The molecule has 2 aromatic heterocycles. The summed E-state index contributed by atoms with van der Waals surface area (Å²) in [7, 11) is 0. The Morgan fingerprint density at radius 2 is 1.63 bits per heavy atom. The highest BCUT2D eigenvalue weighted by Crippen LogP contribution is 2.31. The van der Waals surface area contributed by atoms with Gasteiger partial charge in [0.15, 0.2) is 17.9 Å². The first-order valence-corrected chi connectivity index (χ1v) is 12.4. The van der Waals surface area contributed by atoms with Gasteiger partial charge in [0.05, 0.1) is 5.69 Å². The number of hydrogen-bond donors (Lipinski definition) is 0. The number of amides is 1. The van der Waals surface area contributed by atoms with Crippen molar-refractivity contribution < 1.29 is 18.4 Å². The Bertz CT molecular complexity index is 1540. The van der Waals surface area contributed by atoms with Gasteiger partial charge in [-0.2, -0.15) is 4.68 Å². The molecule has 0 saturated heterocycles. The smallest absolute Gasteiger partial charge is 0.318 e. The molecule has 4 aromatic rings. The third kappa shape index (κ3) is 4.33. The first kappa shape index (κ1) is 25.2. The van der Waals surface area contributed by atoms with Crippen LogP contribution in [0.4, 0.5) is 19.3 Å². The Balaban J connectivity index is 1.60. The maximum Gasteiger partial charge on any atom is 0.377 e. The molecule has 196 valence electrons. The van der Waals surface area contributed by atoms with Crippen LogP contribution in [0.2, 0.25) is 0 Å². The summed E-state index contributed by atoms with van der Waals surface area (Å²) in [4.78, 5) is 40.5. The molecule has 1 aliphatic carbocycles. The average Bonchev–Trinajstić information content (AvgIpc) is 3.45. The lowest BCUT2D eigenvalue weighted by atomic mass is 9.93. The highest BCUT2D eigenvalue weighted by molar-refractivity contribution is 5.95. The summed E-state index contributed by atoms with van der Waals surface area (Å²) in [5, 5.41) is 7.24. The number of aldehydes is 1. The Morgan fingerprint density at radius 3 is 2.26 bits per heavy atom. The van der Waals surface area contributed by atoms with Crippen molar-refractivity contribution in [2.75, 3.05) is 4.90 Å². The molecule has 1 amide bonds. The van der Waals surface area contributed by atoms with E-state index in [0.29, 0.717) is 39.1 Å². The lowest BCUT2D eigenvalue weighted by Crippen LogP contribution is -2.47. The number of carbonyl (C=O) groups excluding carboxylic acids is 2. The number of rotatable bonds is 5. The first-order chi connectivity index (χ1) is 18.3. The predicted octanol–water partition coefficient (Wildman–Crippen LogP) is 4.73. The number of benzene rings is 2. The van der Waals surface area contributed by atoms with E-state index < -0.39 is 29.0 Å². The van der Waals surface area contributed by atoms with Crippen molar-refractivity contribution >= 4 is 18.0 Å². The number of para-hydroxylation sites is 1. The van der Waals surface area contributed by atoms with Crippen molar-refractivity contribution in [2.24, 2.45) is 0 Å². The average molecular weight is 521 g/mol. The maximum absolute atomic E-state index is 14.3. The summed E-state index contributed by atoms with van der Waals surface area (Å²) >= 11 is 0. The molecule has 0 spiro atoms. The normalized spacial score (nSPS) is 14.0. The van der Waals surface area contributed by atoms with Gasteiger partial charge in [0.1, 0.15) is 5.69 Å². The molecule has 38 heavy (non-hydrogen) atoms. The van der Waals surface area contributed by atoms with Gasteiger partial charge in [0.2, 0.25) is 0 Å². The Morgan fingerprint density at radius 1 is 0.974 bits per heavy atom. The molecule has 2 aromatic carbocycles. The van der Waals surface area contributed by atoms with Crippen molar-refractivity contribution in [3.63, 3.8) is 0 Å². The fourth-order valence-corrected chi connectivity index (χ4v) is 5.15. The zero-order valence-electron chi connectivity index (χ0n) is 21.0. The van der Waals surface area contributed by atoms with E-state index in [0.717, 1.165) is 55.1 Å². The summed E-state index contributed by atoms with van der Waals surface area (Å²) in [5.74, 6) is -2.03. The van der Waals surface area contributed by atoms with E-state index in [1.807, 2.05) is 30.5 Å². The van der Waals surface area contributed by atoms with Gasteiger partial charge in [-0.05, 0) is 79.6 Å². The molecule has 2 heterocycles. The van der Waals surface area contributed by atoms with E-state index in [4.69, 9.17) is 0 Å². The van der Waals surface area contributed by atoms with Gasteiger partial charge in [0, 0.05) is 28.7 Å². The van der Waals surface area contributed by atoms with E-state index in [1.165, 1.54) is 4.90 Å². The summed E-state index contributed by atoms with van der Waals surface area (Å²) in [6.45, 7) is 3.86. The summed E-state index contributed by atoms with van der Waals surface area (Å²) in [6, 6.07) is 11.0. The van der Waals surface area contributed by atoms with Gasteiger partial charge < -0.3 is 4.57 Å². The minimum absolute atomic E-state index is 0.265. The van der Waals surface area contributed by atoms with Crippen LogP contribution >= 0.6 is 0 Å². The first-order valence-electron chi connectivity index (χ1n) is 12.4. The maximum atomic E-state index is 14.3. The van der Waals surface area contributed by atoms with Gasteiger partial charge in [-0.1, -0.05) is 25.3 Å². The van der Waals surface area contributed by atoms with Crippen LogP contribution in [0.5, 0.6) is 0 Å². The second kappa shape index (κ2) is 10.2. The fourth-order valence-electron chi connectivity index (χ4n) is 5.15. The van der Waals surface area contributed by atoms with Crippen LogP contribution in [0.1, 0.15) is 53.8 Å². The largest absolute Gasteiger partial charge is 0.377 e. The van der Waals surface area contributed by atoms with E-state index >= 15 is 0 Å². The molecule has 5 rings (SSSR count). The molecule has 0 N–H and O–H groups in total. The summed E-state index contributed by atoms with van der Waals surface area (Å²) < 4.78 is 31.5. The highest BCUT2D eigenvalue weighted by Gasteiger charge is 2.32. The molecule has 0 aliphatic heterocycles. The van der Waals surface area contributed by atoms with Crippen LogP contribution in [-0.2, 0) is 0 Å². The van der Waals surface area contributed by atoms with Crippen molar-refractivity contribution in [1.29, 1.82) is 0 Å². The minimum atomic E-state index is -1.11. The van der Waals surface area contributed by atoms with Crippen LogP contribution in [0.25, 0.3) is 11.4 Å². The van der Waals surface area contributed by atoms with Crippen LogP contribution in [0, 0.1) is 25.5 Å². The monoisotopic (exact) mass is 520 g/mol. The number of carbonyl (C=O) groups is 2. The summed E-state index contributed by atoms with van der Waals surface area (Å²) in [5.41, 5.74) is 1.51. The molecule has 11 heteroatoms. The van der Waals surface area contributed by atoms with Gasteiger partial charge in [-0.25, -0.2) is 18.4 Å². The molecular weight excluding hydrogens is 494 g/mol. The number of tetrazole rings is 1. The van der Waals surface area contributed by atoms with Crippen molar-refractivity contribution in [3.05, 3.63) is 87.6 Å². The van der Waals surface area contributed by atoms with Gasteiger partial charge >= 0.3 is 11.7 Å². The number of aromatic nitrogens is 5. The van der Waals surface area contributed by atoms with Crippen LogP contribution in [-0.4, -0.2) is 42.7 Å². The number of anilines is 1. The molecule has 1 saturated carbocycles. The van der Waals surface area contributed by atoms with Gasteiger partial charge in [-0.3, -0.25) is 9.69 Å². The predicted molar refractivity (Wildman–Crippen MR) is 136 cm³/mol. The molecule has 0 unspecified atom stereocenters. The molecule has 0 bridgehead atoms. The number of halogens is 2. The quantitative estimate of drug-likeness (QED) is 0.280. The van der Waals surface area contributed by atoms with E-state index in [9.17, 15) is 23.2 Å². The Hall–Kier alpha value is -4.41. The fraction of sp³-hybridized carbons (Fsp3) is 0.296. The lowest BCUT2D eigenvalue weighted by Gasteiger charge is -2.34. The molecule has 1 fully saturated rings. The molecule has 0 atom stereocenters. The minimum Gasteiger partial charge on any atom is -0.318 e. The van der Waals surface area contributed by atoms with Crippen LogP contribution in [0.15, 0.2) is 53.3 Å². The topological polar surface area (TPSA) is 95.0 Å².